The summed E-state index contributed by atoms with van der Waals surface area (Å²) >= 11 is 6.28. The molecule has 1 aliphatic heterocycles. The summed E-state index contributed by atoms with van der Waals surface area (Å²) in [5, 5.41) is -0.252. The maximum atomic E-state index is 11.4. The molecule has 1 saturated carbocycles. The van der Waals surface area contributed by atoms with E-state index in [1.165, 1.54) is 7.11 Å². The highest BCUT2D eigenvalue weighted by Gasteiger charge is 2.45. The molecule has 1 saturated heterocycles. The fourth-order valence-corrected chi connectivity index (χ4v) is 3.39. The normalized spacial score (nSPS) is 37.6. The first-order valence-electron chi connectivity index (χ1n) is 7.09. The van der Waals surface area contributed by atoms with Gasteiger partial charge in [0.2, 0.25) is 0 Å². The van der Waals surface area contributed by atoms with Crippen molar-refractivity contribution in [3.63, 3.8) is 0 Å². The molecule has 1 unspecified atom stereocenters. The number of ether oxygens (including phenoxy) is 3. The van der Waals surface area contributed by atoms with E-state index in [4.69, 9.17) is 21.1 Å². The van der Waals surface area contributed by atoms with Gasteiger partial charge in [0, 0.05) is 17.9 Å². The smallest absolute Gasteiger partial charge is 0.305 e. The maximum Gasteiger partial charge on any atom is 0.305 e. The van der Waals surface area contributed by atoms with Gasteiger partial charge in [0.1, 0.15) is 6.29 Å². The van der Waals surface area contributed by atoms with Crippen molar-refractivity contribution >= 4 is 23.9 Å². The Labute approximate surface area is 123 Å². The van der Waals surface area contributed by atoms with Crippen LogP contribution >= 0.6 is 11.6 Å². The molecule has 6 heteroatoms. The minimum atomic E-state index is -0.373. The van der Waals surface area contributed by atoms with E-state index in [1.54, 1.807) is 0 Å². The zero-order valence-electron chi connectivity index (χ0n) is 11.6. The fourth-order valence-electron chi connectivity index (χ4n) is 2.96. The van der Waals surface area contributed by atoms with Crippen LogP contribution in [0.25, 0.3) is 0 Å². The number of esters is 1. The predicted octanol–water partition coefficient (Wildman–Crippen LogP) is 1.90. The fraction of sp³-hybridized carbons (Fsp3) is 0.857. The van der Waals surface area contributed by atoms with Gasteiger partial charge >= 0.3 is 5.97 Å². The van der Waals surface area contributed by atoms with Gasteiger partial charge in [0.05, 0.1) is 19.6 Å². The lowest BCUT2D eigenvalue weighted by Crippen LogP contribution is -2.32. The third-order valence-corrected chi connectivity index (χ3v) is 4.60. The second-order valence-corrected chi connectivity index (χ2v) is 5.94. The average molecular weight is 305 g/mol. The van der Waals surface area contributed by atoms with E-state index in [1.807, 2.05) is 0 Å². The van der Waals surface area contributed by atoms with E-state index in [-0.39, 0.29) is 42.0 Å². The number of carbonyl (C=O) groups is 2. The lowest BCUT2D eigenvalue weighted by molar-refractivity contribution is -0.194. The summed E-state index contributed by atoms with van der Waals surface area (Å²) in [7, 11) is 1.33. The van der Waals surface area contributed by atoms with Crippen molar-refractivity contribution in [1.82, 2.24) is 0 Å². The van der Waals surface area contributed by atoms with E-state index < -0.39 is 0 Å². The molecule has 5 nitrogen and oxygen atoms in total. The van der Waals surface area contributed by atoms with E-state index in [2.05, 4.69) is 4.74 Å². The topological polar surface area (TPSA) is 61.8 Å². The van der Waals surface area contributed by atoms with Crippen LogP contribution in [0.3, 0.4) is 0 Å². The molecule has 2 fully saturated rings. The summed E-state index contributed by atoms with van der Waals surface area (Å²) in [6.07, 6.45) is 4.00. The first-order chi connectivity index (χ1) is 9.65. The SMILES string of the molecule is COC(=O)C[C@@H]1[C@@H](C=O)[C@H](OC2CCCCO2)C[C@H]1Cl. The molecule has 0 radical (unpaired) electrons. The molecular weight excluding hydrogens is 284 g/mol. The quantitative estimate of drug-likeness (QED) is 0.441. The Balaban J connectivity index is 1.95. The lowest BCUT2D eigenvalue weighted by Gasteiger charge is -2.28. The van der Waals surface area contributed by atoms with Crippen LogP contribution < -0.4 is 0 Å². The molecule has 20 heavy (non-hydrogen) atoms. The summed E-state index contributed by atoms with van der Waals surface area (Å²) in [6.45, 7) is 0.693. The number of hydrogen-bond acceptors (Lipinski definition) is 5. The standard InChI is InChI=1S/C14H21ClO5/c1-18-13(17)6-9-10(8-16)12(7-11(9)15)20-14-4-2-3-5-19-14/h8-12,14H,2-7H2,1H3/t9-,10-,11-,12-,14?/m1/s1. The molecule has 0 aromatic heterocycles. The average Bonchev–Trinajstić information content (AvgIpc) is 2.75. The highest BCUT2D eigenvalue weighted by Crippen LogP contribution is 2.40. The van der Waals surface area contributed by atoms with E-state index in [9.17, 15) is 9.59 Å². The van der Waals surface area contributed by atoms with Gasteiger partial charge in [-0.2, -0.15) is 0 Å². The summed E-state index contributed by atoms with van der Waals surface area (Å²) in [5.41, 5.74) is 0. The summed E-state index contributed by atoms with van der Waals surface area (Å²) < 4.78 is 16.1. The first-order valence-corrected chi connectivity index (χ1v) is 7.52. The number of aldehydes is 1. The molecule has 2 aliphatic rings. The maximum absolute atomic E-state index is 11.4. The Bertz CT molecular complexity index is 342. The van der Waals surface area contributed by atoms with Gasteiger partial charge in [-0.1, -0.05) is 0 Å². The number of methoxy groups -OCH3 is 1. The highest BCUT2D eigenvalue weighted by molar-refractivity contribution is 6.21. The summed E-state index contributed by atoms with van der Waals surface area (Å²) in [6, 6.07) is 0. The monoisotopic (exact) mass is 304 g/mol. The van der Waals surface area contributed by atoms with Crippen LogP contribution in [0.2, 0.25) is 0 Å². The van der Waals surface area contributed by atoms with Crippen molar-refractivity contribution in [3.05, 3.63) is 0 Å². The molecule has 2 rings (SSSR count). The van der Waals surface area contributed by atoms with Crippen molar-refractivity contribution < 1.29 is 23.8 Å². The molecule has 114 valence electrons. The van der Waals surface area contributed by atoms with E-state index >= 15 is 0 Å². The molecule has 0 N–H and O–H groups in total. The lowest BCUT2D eigenvalue weighted by atomic mass is 9.93. The first kappa shape index (κ1) is 15.7. The zero-order chi connectivity index (χ0) is 14.5. The van der Waals surface area contributed by atoms with E-state index in [0.29, 0.717) is 13.0 Å². The van der Waals surface area contributed by atoms with Crippen molar-refractivity contribution in [2.24, 2.45) is 11.8 Å². The summed E-state index contributed by atoms with van der Waals surface area (Å²) in [4.78, 5) is 22.8. The zero-order valence-corrected chi connectivity index (χ0v) is 12.4. The molecule has 0 bridgehead atoms. The van der Waals surface area contributed by atoms with Crippen LogP contribution in [0.4, 0.5) is 0 Å². The van der Waals surface area contributed by atoms with Gasteiger partial charge in [-0.25, -0.2) is 0 Å². The highest BCUT2D eigenvalue weighted by atomic mass is 35.5. The van der Waals surface area contributed by atoms with Crippen LogP contribution in [-0.4, -0.2) is 43.7 Å². The van der Waals surface area contributed by atoms with Gasteiger partial charge < -0.3 is 19.0 Å². The molecule has 5 atom stereocenters. The van der Waals surface area contributed by atoms with Crippen molar-refractivity contribution in [2.75, 3.05) is 13.7 Å². The Morgan fingerprint density at radius 2 is 2.25 bits per heavy atom. The van der Waals surface area contributed by atoms with Crippen molar-refractivity contribution in [1.29, 1.82) is 0 Å². The van der Waals surface area contributed by atoms with E-state index in [0.717, 1.165) is 25.5 Å². The molecule has 1 heterocycles. The van der Waals surface area contributed by atoms with Gasteiger partial charge in [-0.15, -0.1) is 11.6 Å². The largest absolute Gasteiger partial charge is 0.469 e. The van der Waals surface area contributed by atoms with Crippen LogP contribution in [0.15, 0.2) is 0 Å². The molecule has 0 amide bonds. The number of hydrogen-bond donors (Lipinski definition) is 0. The molecular formula is C14H21ClO5. The Hall–Kier alpha value is -0.650. The van der Waals surface area contributed by atoms with Crippen LogP contribution in [0.5, 0.6) is 0 Å². The third kappa shape index (κ3) is 3.71. The number of alkyl halides is 1. The minimum absolute atomic E-state index is 0.152. The predicted molar refractivity (Wildman–Crippen MR) is 72.4 cm³/mol. The summed E-state index contributed by atoms with van der Waals surface area (Å²) in [5.74, 6) is -0.945. The second-order valence-electron chi connectivity index (χ2n) is 5.38. The van der Waals surface area contributed by atoms with Crippen molar-refractivity contribution in [3.8, 4) is 0 Å². The molecule has 0 aromatic rings. The minimum Gasteiger partial charge on any atom is -0.469 e. The Kier molecular flexibility index (Phi) is 5.81. The number of rotatable bonds is 5. The van der Waals surface area contributed by atoms with Gasteiger partial charge in [0.15, 0.2) is 6.29 Å². The second kappa shape index (κ2) is 7.38. The van der Waals surface area contributed by atoms with Gasteiger partial charge in [0.25, 0.3) is 0 Å². The number of halogens is 1. The van der Waals surface area contributed by atoms with Crippen molar-refractivity contribution in [2.45, 2.75) is 49.9 Å². The Morgan fingerprint density at radius 1 is 1.45 bits per heavy atom. The van der Waals surface area contributed by atoms with Crippen LogP contribution in [0.1, 0.15) is 32.1 Å². The Morgan fingerprint density at radius 3 is 2.85 bits per heavy atom. The van der Waals surface area contributed by atoms with Gasteiger partial charge in [-0.05, 0) is 31.6 Å². The molecule has 0 spiro atoms. The van der Waals surface area contributed by atoms with Gasteiger partial charge in [-0.3, -0.25) is 4.79 Å². The molecule has 0 aromatic carbocycles. The van der Waals surface area contributed by atoms with Crippen LogP contribution in [0, 0.1) is 11.8 Å². The molecule has 1 aliphatic carbocycles. The number of carbonyl (C=O) groups excluding carboxylic acids is 2. The van der Waals surface area contributed by atoms with Crippen LogP contribution in [-0.2, 0) is 23.8 Å². The third-order valence-electron chi connectivity index (χ3n) is 4.10.